The van der Waals surface area contributed by atoms with E-state index in [4.69, 9.17) is 4.74 Å². The van der Waals surface area contributed by atoms with E-state index in [-0.39, 0.29) is 18.2 Å². The van der Waals surface area contributed by atoms with Gasteiger partial charge in [-0.25, -0.2) is 9.59 Å². The van der Waals surface area contributed by atoms with E-state index >= 15 is 0 Å². The molecule has 1 saturated carbocycles. The lowest BCUT2D eigenvalue weighted by molar-refractivity contribution is -0.139. The Morgan fingerprint density at radius 3 is 2.90 bits per heavy atom. The first-order chi connectivity index (χ1) is 10.1. The molecule has 7 heteroatoms. The molecule has 2 rings (SSSR count). The normalized spacial score (nSPS) is 26.8. The van der Waals surface area contributed by atoms with Crippen molar-refractivity contribution in [2.75, 3.05) is 25.2 Å². The zero-order valence-electron chi connectivity index (χ0n) is 12.4. The van der Waals surface area contributed by atoms with Crippen LogP contribution >= 0.6 is 11.8 Å². The topological polar surface area (TPSA) is 78.9 Å². The van der Waals surface area contributed by atoms with Gasteiger partial charge in [-0.3, -0.25) is 0 Å². The second-order valence-corrected chi connectivity index (χ2v) is 6.56. The third kappa shape index (κ3) is 4.26. The van der Waals surface area contributed by atoms with Crippen molar-refractivity contribution in [1.82, 2.24) is 10.2 Å². The zero-order chi connectivity index (χ0) is 15.2. The fraction of sp³-hybridized carbons (Fsp3) is 0.857. The third-order valence-electron chi connectivity index (χ3n) is 4.20. The molecule has 1 saturated heterocycles. The van der Waals surface area contributed by atoms with Crippen LogP contribution < -0.4 is 5.32 Å². The fourth-order valence-electron chi connectivity index (χ4n) is 3.07. The summed E-state index contributed by atoms with van der Waals surface area (Å²) in [6.07, 6.45) is 6.67. The van der Waals surface area contributed by atoms with Crippen LogP contribution in [0.5, 0.6) is 0 Å². The van der Waals surface area contributed by atoms with E-state index in [0.29, 0.717) is 25.3 Å². The Kier molecular flexibility index (Phi) is 6.17. The number of thioether (sulfide) groups is 1. The number of hydrogen-bond donors (Lipinski definition) is 2. The number of ether oxygens (including phenoxy) is 1. The summed E-state index contributed by atoms with van der Waals surface area (Å²) in [6.45, 7) is 1.08. The molecule has 6 nitrogen and oxygen atoms in total. The molecule has 0 aromatic carbocycles. The Balaban J connectivity index is 1.95. The number of nitrogens with one attached hydrogen (secondary N) is 1. The molecule has 0 aromatic rings. The number of rotatable bonds is 5. The molecule has 1 aliphatic carbocycles. The number of hydrogen-bond acceptors (Lipinski definition) is 4. The van der Waals surface area contributed by atoms with Crippen LogP contribution in [0.4, 0.5) is 4.79 Å². The minimum Gasteiger partial charge on any atom is -0.480 e. The van der Waals surface area contributed by atoms with E-state index in [2.05, 4.69) is 5.32 Å². The first-order valence-electron chi connectivity index (χ1n) is 7.54. The molecule has 21 heavy (non-hydrogen) atoms. The number of carboxylic acids is 1. The molecule has 2 unspecified atom stereocenters. The van der Waals surface area contributed by atoms with Gasteiger partial charge in [0.1, 0.15) is 6.04 Å². The lowest BCUT2D eigenvalue weighted by atomic mass is 9.90. The number of aliphatic carboxylic acids is 1. The highest BCUT2D eigenvalue weighted by molar-refractivity contribution is 7.98. The van der Waals surface area contributed by atoms with Crippen molar-refractivity contribution < 1.29 is 19.4 Å². The molecule has 0 aromatic heterocycles. The van der Waals surface area contributed by atoms with Crippen molar-refractivity contribution in [3.8, 4) is 0 Å². The van der Waals surface area contributed by atoms with Crippen LogP contribution in [-0.4, -0.2) is 65.4 Å². The lowest BCUT2D eigenvalue weighted by Crippen LogP contribution is -2.59. The van der Waals surface area contributed by atoms with E-state index in [0.717, 1.165) is 25.7 Å². The Hall–Kier alpha value is -0.950. The predicted molar refractivity (Wildman–Crippen MR) is 81.7 cm³/mol. The van der Waals surface area contributed by atoms with Gasteiger partial charge in [0.15, 0.2) is 0 Å². The summed E-state index contributed by atoms with van der Waals surface area (Å²) >= 11 is 1.58. The van der Waals surface area contributed by atoms with E-state index in [1.807, 2.05) is 6.26 Å². The highest BCUT2D eigenvalue weighted by Crippen LogP contribution is 2.28. The summed E-state index contributed by atoms with van der Waals surface area (Å²) in [4.78, 5) is 25.4. The second kappa shape index (κ2) is 7.89. The minimum atomic E-state index is -0.967. The molecule has 0 radical (unpaired) electrons. The first-order valence-corrected chi connectivity index (χ1v) is 8.93. The van der Waals surface area contributed by atoms with Crippen LogP contribution in [0.1, 0.15) is 32.1 Å². The summed E-state index contributed by atoms with van der Waals surface area (Å²) < 4.78 is 5.74. The highest BCUT2D eigenvalue weighted by Gasteiger charge is 2.37. The molecule has 0 spiro atoms. The second-order valence-electron chi connectivity index (χ2n) is 5.58. The monoisotopic (exact) mass is 316 g/mol. The smallest absolute Gasteiger partial charge is 0.326 e. The van der Waals surface area contributed by atoms with Crippen LogP contribution in [0.3, 0.4) is 0 Å². The van der Waals surface area contributed by atoms with Crippen molar-refractivity contribution in [1.29, 1.82) is 0 Å². The van der Waals surface area contributed by atoms with Crippen molar-refractivity contribution in [3.05, 3.63) is 0 Å². The standard InChI is InChI=1S/C14H24N2O4S/c1-21-9-6-10(13(17)18)15-14(19)16-7-8-20-12-5-3-2-4-11(12)16/h10-12H,2-9H2,1H3,(H,15,19)(H,17,18)/t10-,11?,12?/m1/s1. The largest absolute Gasteiger partial charge is 0.480 e. The predicted octanol–water partition coefficient (Wildman–Crippen LogP) is 1.55. The van der Waals surface area contributed by atoms with E-state index in [9.17, 15) is 14.7 Å². The van der Waals surface area contributed by atoms with Gasteiger partial charge in [0.05, 0.1) is 18.8 Å². The maximum Gasteiger partial charge on any atom is 0.326 e. The van der Waals surface area contributed by atoms with Crippen LogP contribution in [0.2, 0.25) is 0 Å². The average Bonchev–Trinajstić information content (AvgIpc) is 2.50. The highest BCUT2D eigenvalue weighted by atomic mass is 32.2. The Labute approximate surface area is 129 Å². The summed E-state index contributed by atoms with van der Waals surface area (Å²) in [5.41, 5.74) is 0. The van der Waals surface area contributed by atoms with Crippen LogP contribution in [-0.2, 0) is 9.53 Å². The van der Waals surface area contributed by atoms with Crippen molar-refractivity contribution in [3.63, 3.8) is 0 Å². The van der Waals surface area contributed by atoms with Gasteiger partial charge in [-0.15, -0.1) is 0 Å². The maximum absolute atomic E-state index is 12.4. The molecule has 2 amide bonds. The van der Waals surface area contributed by atoms with Crippen molar-refractivity contribution in [2.24, 2.45) is 0 Å². The number of carboxylic acid groups (broad SMARTS) is 1. The van der Waals surface area contributed by atoms with Crippen LogP contribution in [0.25, 0.3) is 0 Å². The van der Waals surface area contributed by atoms with E-state index < -0.39 is 12.0 Å². The number of amides is 2. The summed E-state index contributed by atoms with van der Waals surface area (Å²) in [6, 6.07) is -0.971. The Bertz CT molecular complexity index is 378. The number of carbonyl (C=O) groups excluding carboxylic acids is 1. The molecule has 1 heterocycles. The van der Waals surface area contributed by atoms with E-state index in [1.165, 1.54) is 0 Å². The van der Waals surface area contributed by atoms with Crippen molar-refractivity contribution in [2.45, 2.75) is 50.3 Å². The van der Waals surface area contributed by atoms with Gasteiger partial charge >= 0.3 is 12.0 Å². The molecule has 2 N–H and O–H groups in total. The van der Waals surface area contributed by atoms with Gasteiger partial charge in [0.25, 0.3) is 0 Å². The summed E-state index contributed by atoms with van der Waals surface area (Å²) in [7, 11) is 0. The zero-order valence-corrected chi connectivity index (χ0v) is 13.2. The molecular weight excluding hydrogens is 292 g/mol. The maximum atomic E-state index is 12.4. The van der Waals surface area contributed by atoms with Gasteiger partial charge in [-0.2, -0.15) is 11.8 Å². The van der Waals surface area contributed by atoms with Gasteiger partial charge in [-0.1, -0.05) is 12.8 Å². The summed E-state index contributed by atoms with van der Waals surface area (Å²) in [5.74, 6) is -0.252. The third-order valence-corrected chi connectivity index (χ3v) is 4.84. The van der Waals surface area contributed by atoms with Gasteiger partial charge in [-0.05, 0) is 31.3 Å². The number of urea groups is 1. The first kappa shape index (κ1) is 16.4. The molecule has 2 aliphatic rings. The SMILES string of the molecule is CSCC[C@@H](NC(=O)N1CCOC2CCCCC21)C(=O)O. The van der Waals surface area contributed by atoms with Gasteiger partial charge < -0.3 is 20.1 Å². The average molecular weight is 316 g/mol. The van der Waals surface area contributed by atoms with Crippen LogP contribution in [0, 0.1) is 0 Å². The Morgan fingerprint density at radius 2 is 2.19 bits per heavy atom. The molecule has 0 bridgehead atoms. The number of carbonyl (C=O) groups is 2. The van der Waals surface area contributed by atoms with Crippen LogP contribution in [0.15, 0.2) is 0 Å². The number of nitrogens with zero attached hydrogens (tertiary/aromatic N) is 1. The quantitative estimate of drug-likeness (QED) is 0.804. The lowest BCUT2D eigenvalue weighted by Gasteiger charge is -2.43. The van der Waals surface area contributed by atoms with E-state index in [1.54, 1.807) is 16.7 Å². The molecular formula is C14H24N2O4S. The summed E-state index contributed by atoms with van der Waals surface area (Å²) in [5, 5.41) is 11.9. The van der Waals surface area contributed by atoms with Gasteiger partial charge in [0, 0.05) is 6.54 Å². The molecule has 2 fully saturated rings. The molecule has 1 aliphatic heterocycles. The minimum absolute atomic E-state index is 0.0995. The van der Waals surface area contributed by atoms with Gasteiger partial charge in [0.2, 0.25) is 0 Å². The Morgan fingerprint density at radius 1 is 1.43 bits per heavy atom. The molecule has 3 atom stereocenters. The number of fused-ring (bicyclic) bond motifs is 1. The molecule has 120 valence electrons. The van der Waals surface area contributed by atoms with Crippen molar-refractivity contribution >= 4 is 23.8 Å². The number of morpholine rings is 1. The fourth-order valence-corrected chi connectivity index (χ4v) is 3.55.